The van der Waals surface area contributed by atoms with Crippen LogP contribution < -0.4 is 0 Å². The number of rotatable bonds is 5. The molecule has 88 valence electrons. The Kier molecular flexibility index (Phi) is 4.22. The molecule has 0 spiro atoms. The van der Waals surface area contributed by atoms with E-state index in [0.717, 1.165) is 19.3 Å². The summed E-state index contributed by atoms with van der Waals surface area (Å²) in [7, 11) is 0. The van der Waals surface area contributed by atoms with Crippen LogP contribution in [0.25, 0.3) is 0 Å². The summed E-state index contributed by atoms with van der Waals surface area (Å²) in [6, 6.07) is 12.1. The van der Waals surface area contributed by atoms with Crippen molar-refractivity contribution in [1.82, 2.24) is 9.97 Å². The van der Waals surface area contributed by atoms with Crippen molar-refractivity contribution < 1.29 is 5.11 Å². The van der Waals surface area contributed by atoms with Gasteiger partial charge in [0.1, 0.15) is 6.33 Å². The Labute approximate surface area is 101 Å². The third-order valence-electron chi connectivity index (χ3n) is 2.73. The van der Waals surface area contributed by atoms with Gasteiger partial charge in [-0.15, -0.1) is 0 Å². The van der Waals surface area contributed by atoms with Gasteiger partial charge >= 0.3 is 0 Å². The second-order valence-corrected chi connectivity index (χ2v) is 4.03. The van der Waals surface area contributed by atoms with E-state index in [-0.39, 0.29) is 0 Å². The Balaban J connectivity index is 1.79. The van der Waals surface area contributed by atoms with Crippen LogP contribution in [0, 0.1) is 0 Å². The molecular weight excluding hydrogens is 212 g/mol. The van der Waals surface area contributed by atoms with Gasteiger partial charge in [0, 0.05) is 6.20 Å². The Morgan fingerprint density at radius 1 is 1.12 bits per heavy atom. The van der Waals surface area contributed by atoms with Crippen molar-refractivity contribution in [3.05, 3.63) is 60.2 Å². The first kappa shape index (κ1) is 11.7. The summed E-state index contributed by atoms with van der Waals surface area (Å²) < 4.78 is 0. The predicted octanol–water partition coefficient (Wildman–Crippen LogP) is 2.53. The molecule has 1 atom stereocenters. The lowest BCUT2D eigenvalue weighted by molar-refractivity contribution is 0.160. The molecule has 17 heavy (non-hydrogen) atoms. The molecule has 1 heterocycles. The summed E-state index contributed by atoms with van der Waals surface area (Å²) in [6.07, 6.45) is 5.31. The first-order valence-electron chi connectivity index (χ1n) is 5.84. The molecule has 0 aliphatic carbocycles. The quantitative estimate of drug-likeness (QED) is 0.855. The van der Waals surface area contributed by atoms with Gasteiger partial charge in [-0.05, 0) is 30.9 Å². The molecule has 2 rings (SSSR count). The number of hydrogen-bond acceptors (Lipinski definition) is 3. The van der Waals surface area contributed by atoms with E-state index in [2.05, 4.69) is 22.1 Å². The highest BCUT2D eigenvalue weighted by Gasteiger charge is 2.07. The van der Waals surface area contributed by atoms with Gasteiger partial charge in [-0.25, -0.2) is 9.97 Å². The van der Waals surface area contributed by atoms with Crippen LogP contribution in [0.3, 0.4) is 0 Å². The molecule has 0 aliphatic heterocycles. The molecule has 0 amide bonds. The fourth-order valence-corrected chi connectivity index (χ4v) is 1.79. The average molecular weight is 228 g/mol. The highest BCUT2D eigenvalue weighted by Crippen LogP contribution is 2.16. The van der Waals surface area contributed by atoms with E-state index in [1.807, 2.05) is 18.2 Å². The maximum atomic E-state index is 9.91. The minimum absolute atomic E-state index is 0.485. The van der Waals surface area contributed by atoms with Crippen LogP contribution in [0.2, 0.25) is 0 Å². The molecule has 0 bridgehead atoms. The number of aryl methyl sites for hydroxylation is 1. The van der Waals surface area contributed by atoms with Crippen LogP contribution in [0.15, 0.2) is 48.9 Å². The first-order valence-corrected chi connectivity index (χ1v) is 5.84. The van der Waals surface area contributed by atoms with Gasteiger partial charge in [0.25, 0.3) is 0 Å². The highest BCUT2D eigenvalue weighted by atomic mass is 16.3. The maximum Gasteiger partial charge on any atom is 0.115 e. The summed E-state index contributed by atoms with van der Waals surface area (Å²) in [5, 5.41) is 9.91. The molecule has 1 aromatic carbocycles. The summed E-state index contributed by atoms with van der Waals surface area (Å²) in [5.74, 6) is 0. The molecule has 1 N–H and O–H groups in total. The predicted molar refractivity (Wildman–Crippen MR) is 66.4 cm³/mol. The standard InChI is InChI=1S/C14H16N2O/c17-14(13-9-10-15-11-16-13)8-4-7-12-5-2-1-3-6-12/h1-3,5-6,9-11,14,17H,4,7-8H2. The second kappa shape index (κ2) is 6.11. The Hall–Kier alpha value is -1.74. The number of hydrogen-bond donors (Lipinski definition) is 1. The Morgan fingerprint density at radius 2 is 1.94 bits per heavy atom. The third kappa shape index (κ3) is 3.64. The molecule has 0 saturated carbocycles. The smallest absolute Gasteiger partial charge is 0.115 e. The zero-order chi connectivity index (χ0) is 11.9. The summed E-state index contributed by atoms with van der Waals surface area (Å²) in [5.41, 5.74) is 2.01. The lowest BCUT2D eigenvalue weighted by Crippen LogP contribution is -2.01. The number of benzene rings is 1. The van der Waals surface area contributed by atoms with E-state index >= 15 is 0 Å². The fraction of sp³-hybridized carbons (Fsp3) is 0.286. The van der Waals surface area contributed by atoms with Gasteiger partial charge in [0.2, 0.25) is 0 Å². The number of aliphatic hydroxyl groups excluding tert-OH is 1. The highest BCUT2D eigenvalue weighted by molar-refractivity contribution is 5.14. The maximum absolute atomic E-state index is 9.91. The summed E-state index contributed by atoms with van der Waals surface area (Å²) in [4.78, 5) is 7.88. The average Bonchev–Trinajstić information content (AvgIpc) is 2.41. The minimum Gasteiger partial charge on any atom is -0.387 e. The van der Waals surface area contributed by atoms with Crippen molar-refractivity contribution in [2.45, 2.75) is 25.4 Å². The topological polar surface area (TPSA) is 46.0 Å². The van der Waals surface area contributed by atoms with Gasteiger partial charge in [-0.1, -0.05) is 30.3 Å². The van der Waals surface area contributed by atoms with E-state index in [9.17, 15) is 5.11 Å². The van der Waals surface area contributed by atoms with Gasteiger partial charge < -0.3 is 5.11 Å². The minimum atomic E-state index is -0.485. The molecule has 3 nitrogen and oxygen atoms in total. The van der Waals surface area contributed by atoms with Gasteiger partial charge in [0.05, 0.1) is 11.8 Å². The summed E-state index contributed by atoms with van der Waals surface area (Å²) in [6.45, 7) is 0. The lowest BCUT2D eigenvalue weighted by Gasteiger charge is -2.09. The van der Waals surface area contributed by atoms with Crippen molar-refractivity contribution in [3.8, 4) is 0 Å². The normalized spacial score (nSPS) is 12.3. The SMILES string of the molecule is OC(CCCc1ccccc1)c1ccncn1. The molecule has 2 aromatic rings. The van der Waals surface area contributed by atoms with Crippen LogP contribution in [0.5, 0.6) is 0 Å². The molecule has 0 saturated heterocycles. The van der Waals surface area contributed by atoms with E-state index in [1.165, 1.54) is 11.9 Å². The molecule has 1 aromatic heterocycles. The third-order valence-corrected chi connectivity index (χ3v) is 2.73. The van der Waals surface area contributed by atoms with E-state index < -0.39 is 6.10 Å². The van der Waals surface area contributed by atoms with Gasteiger partial charge in [0.15, 0.2) is 0 Å². The molecular formula is C14H16N2O. The number of nitrogens with zero attached hydrogens (tertiary/aromatic N) is 2. The molecule has 0 aliphatic rings. The van der Waals surface area contributed by atoms with E-state index in [1.54, 1.807) is 12.3 Å². The van der Waals surface area contributed by atoms with Crippen LogP contribution in [-0.2, 0) is 6.42 Å². The van der Waals surface area contributed by atoms with E-state index in [4.69, 9.17) is 0 Å². The van der Waals surface area contributed by atoms with Crippen LogP contribution in [0.4, 0.5) is 0 Å². The number of aromatic nitrogens is 2. The van der Waals surface area contributed by atoms with Crippen LogP contribution in [0.1, 0.15) is 30.2 Å². The van der Waals surface area contributed by atoms with E-state index in [0.29, 0.717) is 5.69 Å². The zero-order valence-corrected chi connectivity index (χ0v) is 9.66. The van der Waals surface area contributed by atoms with Gasteiger partial charge in [-0.3, -0.25) is 0 Å². The van der Waals surface area contributed by atoms with Crippen LogP contribution in [-0.4, -0.2) is 15.1 Å². The van der Waals surface area contributed by atoms with Crippen molar-refractivity contribution in [1.29, 1.82) is 0 Å². The monoisotopic (exact) mass is 228 g/mol. The van der Waals surface area contributed by atoms with Crippen molar-refractivity contribution >= 4 is 0 Å². The second-order valence-electron chi connectivity index (χ2n) is 4.03. The Morgan fingerprint density at radius 3 is 2.65 bits per heavy atom. The van der Waals surface area contributed by atoms with Crippen molar-refractivity contribution in [2.75, 3.05) is 0 Å². The molecule has 3 heteroatoms. The largest absolute Gasteiger partial charge is 0.387 e. The Bertz CT molecular complexity index is 430. The molecule has 1 unspecified atom stereocenters. The fourth-order valence-electron chi connectivity index (χ4n) is 1.79. The zero-order valence-electron chi connectivity index (χ0n) is 9.66. The van der Waals surface area contributed by atoms with Crippen molar-refractivity contribution in [3.63, 3.8) is 0 Å². The molecule has 0 radical (unpaired) electrons. The molecule has 0 fully saturated rings. The lowest BCUT2D eigenvalue weighted by atomic mass is 10.0. The van der Waals surface area contributed by atoms with Crippen molar-refractivity contribution in [2.24, 2.45) is 0 Å². The van der Waals surface area contributed by atoms with Gasteiger partial charge in [-0.2, -0.15) is 0 Å². The number of aliphatic hydroxyl groups is 1. The van der Waals surface area contributed by atoms with Crippen LogP contribution >= 0.6 is 0 Å². The summed E-state index contributed by atoms with van der Waals surface area (Å²) >= 11 is 0. The first-order chi connectivity index (χ1) is 8.36.